The highest BCUT2D eigenvalue weighted by molar-refractivity contribution is 5.96. The number of carbonyl (C=O) groups is 5. The van der Waals surface area contributed by atoms with Crippen molar-refractivity contribution in [2.45, 2.75) is 98.0 Å². The number of likely N-dealkylation sites (tertiary alicyclic amines) is 1. The number of hydrogen-bond acceptors (Lipinski definition) is 10. The number of pyridine rings is 1. The number of esters is 1. The molecular formula is C50H64N8O8. The number of carbonyl (C=O) groups excluding carboxylic acids is 5. The van der Waals surface area contributed by atoms with Gasteiger partial charge in [0.05, 0.1) is 24.8 Å². The monoisotopic (exact) mass is 904 g/mol. The number of phenolic OH excluding ortho intramolecular Hbond substituents is 1. The number of benzene rings is 2. The summed E-state index contributed by atoms with van der Waals surface area (Å²) in [6.45, 7) is 13.6. The average Bonchev–Trinajstić information content (AvgIpc) is 3.95. The second kappa shape index (κ2) is 19.1. The number of rotatable bonds is 9. The fraction of sp³-hybridized carbons (Fsp3) is 0.520. The number of nitrogens with one attached hydrogen (secondary N) is 2. The second-order valence-electron chi connectivity index (χ2n) is 19.5. The van der Waals surface area contributed by atoms with E-state index in [1.54, 1.807) is 42.3 Å². The lowest BCUT2D eigenvalue weighted by molar-refractivity contribution is -0.155. The van der Waals surface area contributed by atoms with Crippen LogP contribution in [0.4, 0.5) is 4.79 Å². The zero-order chi connectivity index (χ0) is 47.0. The number of cyclic esters (lactones) is 1. The third-order valence-electron chi connectivity index (χ3n) is 13.5. The van der Waals surface area contributed by atoms with Crippen LogP contribution in [0.1, 0.15) is 70.6 Å². The van der Waals surface area contributed by atoms with Gasteiger partial charge < -0.3 is 39.2 Å². The molecule has 4 aromatic rings. The molecule has 1 unspecified atom stereocenters. The Bertz CT molecular complexity index is 2510. The van der Waals surface area contributed by atoms with Gasteiger partial charge in [0.25, 0.3) is 5.91 Å². The number of aromatic hydroxyl groups is 1. The van der Waals surface area contributed by atoms with E-state index in [1.165, 1.54) is 9.91 Å². The zero-order valence-corrected chi connectivity index (χ0v) is 39.3. The molecule has 3 N–H and O–H groups in total. The number of likely N-dealkylation sites (N-methyl/N-ethyl adjacent to an activating group) is 1. The highest BCUT2D eigenvalue weighted by Crippen LogP contribution is 2.41. The molecule has 2 aromatic heterocycles. The Morgan fingerprint density at radius 1 is 1.03 bits per heavy atom. The van der Waals surface area contributed by atoms with Crippen LogP contribution in [0.3, 0.4) is 0 Å². The van der Waals surface area contributed by atoms with E-state index in [2.05, 4.69) is 53.2 Å². The number of ether oxygens (including phenoxy) is 2. The lowest BCUT2D eigenvalue weighted by Gasteiger charge is -2.37. The van der Waals surface area contributed by atoms with Crippen molar-refractivity contribution in [2.24, 2.45) is 17.3 Å². The standard InChI is InChI=1S/C50H64N8O8/c1-8-57-42-12-11-32-24-37(42)38(44(57)39-26-51-15-13-34(39)28-65-7)25-50(4,5)29-66-48(63)40-10-9-16-58(53-40)47(62)41(22-31-20-35(32)23-36(59)21-31)52-45(60)43(30(2)3)54(6)46(61)33-14-17-56(27-33)49(64)55-18-19-55/h11-13,15,20-21,23-24,26,30,33,40-41,43,53,59H,8-10,14,16-19,22,25,27-29H2,1-7H3,(H,52,60)/t33-,40-,41-,43?/m0/s1. The SMILES string of the molecule is CCn1c(-c2cnccc2COC)c2c3cc(ccc31)-c1cc(O)cc(c1)C[C@H](NC(=O)C(C(C)C)N(C)C(=O)[C@H]1CCN(C(=O)N3CC3)C1)C(=O)N1CCC[C@H](N1)C(=O)OCC(C)(C)C2. The van der Waals surface area contributed by atoms with Gasteiger partial charge in [-0.25, -0.2) is 10.2 Å². The lowest BCUT2D eigenvalue weighted by atomic mass is 9.84. The minimum Gasteiger partial charge on any atom is -0.508 e. The van der Waals surface area contributed by atoms with E-state index < -0.39 is 47.2 Å². The minimum atomic E-state index is -1.15. The van der Waals surface area contributed by atoms with E-state index in [0.717, 1.165) is 57.5 Å². The fourth-order valence-corrected chi connectivity index (χ4v) is 10.1. The largest absolute Gasteiger partial charge is 0.508 e. The molecule has 5 amide bonds. The molecular weight excluding hydrogens is 841 g/mol. The van der Waals surface area contributed by atoms with Gasteiger partial charge in [-0.1, -0.05) is 39.8 Å². The van der Waals surface area contributed by atoms with Crippen LogP contribution in [-0.2, 0) is 54.6 Å². The van der Waals surface area contributed by atoms with Gasteiger partial charge in [-0.05, 0) is 96.7 Å². The van der Waals surface area contributed by atoms with Crippen LogP contribution < -0.4 is 10.7 Å². The van der Waals surface area contributed by atoms with E-state index in [-0.39, 0.29) is 49.7 Å². The molecule has 16 heteroatoms. The Hall–Kier alpha value is -6.00. The summed E-state index contributed by atoms with van der Waals surface area (Å²) >= 11 is 0. The summed E-state index contributed by atoms with van der Waals surface area (Å²) in [5.41, 5.74) is 9.78. The van der Waals surface area contributed by atoms with Crippen LogP contribution in [-0.4, -0.2) is 136 Å². The summed E-state index contributed by atoms with van der Waals surface area (Å²) in [6, 6.07) is 10.5. The molecule has 8 rings (SSSR count). The molecule has 4 aliphatic heterocycles. The first-order valence-corrected chi connectivity index (χ1v) is 23.3. The Labute approximate surface area is 386 Å². The van der Waals surface area contributed by atoms with Crippen LogP contribution in [0.15, 0.2) is 54.9 Å². The maximum Gasteiger partial charge on any atom is 0.324 e. The summed E-state index contributed by atoms with van der Waals surface area (Å²) < 4.78 is 14.0. The van der Waals surface area contributed by atoms with Crippen molar-refractivity contribution < 1.29 is 38.6 Å². The molecule has 352 valence electrons. The van der Waals surface area contributed by atoms with Crippen molar-refractivity contribution in [3.05, 3.63) is 71.5 Å². The van der Waals surface area contributed by atoms with Gasteiger partial charge in [0.1, 0.15) is 23.9 Å². The normalized spacial score (nSPS) is 21.4. The molecule has 4 aliphatic rings. The van der Waals surface area contributed by atoms with Crippen LogP contribution in [0.5, 0.6) is 5.75 Å². The van der Waals surface area contributed by atoms with E-state index >= 15 is 0 Å². The predicted molar refractivity (Wildman–Crippen MR) is 249 cm³/mol. The summed E-state index contributed by atoms with van der Waals surface area (Å²) in [6.07, 6.45) is 5.65. The van der Waals surface area contributed by atoms with Crippen molar-refractivity contribution in [3.63, 3.8) is 0 Å². The molecule has 3 fully saturated rings. The quantitative estimate of drug-likeness (QED) is 0.151. The summed E-state index contributed by atoms with van der Waals surface area (Å²) in [7, 11) is 3.28. The Morgan fingerprint density at radius 3 is 2.55 bits per heavy atom. The molecule has 6 bridgehead atoms. The van der Waals surface area contributed by atoms with Crippen molar-refractivity contribution in [3.8, 4) is 28.1 Å². The number of aryl methyl sites for hydroxylation is 1. The first kappa shape index (κ1) is 46.5. The number of hydrogen-bond donors (Lipinski definition) is 3. The number of nitrogens with zero attached hydrogens (tertiary/aromatic N) is 6. The first-order valence-electron chi connectivity index (χ1n) is 23.3. The topological polar surface area (TPSA) is 179 Å². The lowest BCUT2D eigenvalue weighted by Crippen LogP contribution is -2.62. The van der Waals surface area contributed by atoms with E-state index in [9.17, 15) is 29.1 Å². The van der Waals surface area contributed by atoms with Gasteiger partial charge in [-0.2, -0.15) is 0 Å². The summed E-state index contributed by atoms with van der Waals surface area (Å²) in [5.74, 6) is -2.49. The number of amides is 5. The molecule has 2 aromatic carbocycles. The number of phenols is 1. The van der Waals surface area contributed by atoms with E-state index in [4.69, 9.17) is 9.47 Å². The minimum absolute atomic E-state index is 0.000728. The van der Waals surface area contributed by atoms with Gasteiger partial charge in [0.2, 0.25) is 11.8 Å². The highest BCUT2D eigenvalue weighted by atomic mass is 16.5. The van der Waals surface area contributed by atoms with Crippen molar-refractivity contribution in [2.75, 3.05) is 53.5 Å². The van der Waals surface area contributed by atoms with Gasteiger partial charge in [-0.15, -0.1) is 0 Å². The third kappa shape index (κ3) is 9.61. The molecule has 0 saturated carbocycles. The molecule has 0 radical (unpaired) electrons. The third-order valence-corrected chi connectivity index (χ3v) is 13.5. The van der Waals surface area contributed by atoms with Gasteiger partial charge in [-0.3, -0.25) is 29.2 Å². The fourth-order valence-electron chi connectivity index (χ4n) is 10.1. The maximum atomic E-state index is 14.7. The first-order chi connectivity index (χ1) is 31.6. The summed E-state index contributed by atoms with van der Waals surface area (Å²) in [4.78, 5) is 79.4. The Kier molecular flexibility index (Phi) is 13.4. The van der Waals surface area contributed by atoms with Crippen molar-refractivity contribution in [1.29, 1.82) is 0 Å². The molecule has 0 spiro atoms. The second-order valence-corrected chi connectivity index (χ2v) is 19.5. The number of methoxy groups -OCH3 is 1. The van der Waals surface area contributed by atoms with E-state index in [1.807, 2.05) is 38.2 Å². The number of aromatic nitrogens is 2. The smallest absolute Gasteiger partial charge is 0.324 e. The summed E-state index contributed by atoms with van der Waals surface area (Å²) in [5, 5.41) is 16.7. The molecule has 16 nitrogen and oxygen atoms in total. The molecule has 3 saturated heterocycles. The van der Waals surface area contributed by atoms with Crippen LogP contribution in [0, 0.1) is 17.3 Å². The Balaban J connectivity index is 1.17. The van der Waals surface area contributed by atoms with E-state index in [0.29, 0.717) is 50.9 Å². The number of hydrazine groups is 1. The van der Waals surface area contributed by atoms with Crippen molar-refractivity contribution >= 4 is 40.6 Å². The number of urea groups is 1. The zero-order valence-electron chi connectivity index (χ0n) is 39.3. The average molecular weight is 905 g/mol. The highest BCUT2D eigenvalue weighted by Gasteiger charge is 2.42. The van der Waals surface area contributed by atoms with Crippen LogP contribution >= 0.6 is 0 Å². The Morgan fingerprint density at radius 2 is 1.82 bits per heavy atom. The van der Waals surface area contributed by atoms with Crippen LogP contribution in [0.2, 0.25) is 0 Å². The van der Waals surface area contributed by atoms with Crippen molar-refractivity contribution in [1.82, 2.24) is 40.0 Å². The number of fused-ring (bicyclic) bond motifs is 6. The predicted octanol–water partition coefficient (Wildman–Crippen LogP) is 5.13. The molecule has 4 atom stereocenters. The van der Waals surface area contributed by atoms with Gasteiger partial charge >= 0.3 is 12.0 Å². The van der Waals surface area contributed by atoms with Gasteiger partial charge in [0.15, 0.2) is 0 Å². The van der Waals surface area contributed by atoms with Gasteiger partial charge in [0, 0.05) is 94.1 Å². The molecule has 66 heavy (non-hydrogen) atoms. The maximum absolute atomic E-state index is 14.7. The van der Waals surface area contributed by atoms with Crippen LogP contribution in [0.25, 0.3) is 33.3 Å². The molecule has 6 heterocycles. The molecule has 0 aliphatic carbocycles.